The maximum absolute atomic E-state index is 12.5. The molecule has 1 saturated carbocycles. The van der Waals surface area contributed by atoms with Crippen molar-refractivity contribution < 1.29 is 14.7 Å². The number of piperidine rings is 1. The van der Waals surface area contributed by atoms with Gasteiger partial charge in [0.1, 0.15) is 0 Å². The summed E-state index contributed by atoms with van der Waals surface area (Å²) >= 11 is 0. The lowest BCUT2D eigenvalue weighted by Crippen LogP contribution is -2.49. The van der Waals surface area contributed by atoms with Crippen molar-refractivity contribution in [1.29, 1.82) is 0 Å². The molecule has 2 aliphatic rings. The molecule has 0 unspecified atom stereocenters. The zero-order chi connectivity index (χ0) is 14.9. The molecule has 0 bridgehead atoms. The van der Waals surface area contributed by atoms with Gasteiger partial charge in [0.15, 0.2) is 0 Å². The second kappa shape index (κ2) is 5.60. The fourth-order valence-electron chi connectivity index (χ4n) is 3.85. The molecule has 1 saturated heterocycles. The Bertz CT molecular complexity index is 514. The van der Waals surface area contributed by atoms with E-state index in [4.69, 9.17) is 0 Å². The monoisotopic (exact) mass is 287 g/mol. The van der Waals surface area contributed by atoms with Gasteiger partial charge in [-0.2, -0.15) is 0 Å². The molecule has 1 heterocycles. The number of likely N-dealkylation sites (tertiary alicyclic amines) is 1. The van der Waals surface area contributed by atoms with Gasteiger partial charge in [0.2, 0.25) is 11.8 Å². The molecule has 1 aromatic rings. The van der Waals surface area contributed by atoms with Crippen molar-refractivity contribution in [2.24, 2.45) is 5.41 Å². The van der Waals surface area contributed by atoms with E-state index in [2.05, 4.69) is 0 Å². The van der Waals surface area contributed by atoms with Crippen LogP contribution in [0.5, 0.6) is 0 Å². The van der Waals surface area contributed by atoms with E-state index in [1.807, 2.05) is 30.3 Å². The topological polar surface area (TPSA) is 57.6 Å². The predicted octanol–water partition coefficient (Wildman–Crippen LogP) is 2.43. The number of benzene rings is 1. The molecule has 0 radical (unpaired) electrons. The van der Waals surface area contributed by atoms with Crippen LogP contribution in [-0.4, -0.2) is 28.4 Å². The van der Waals surface area contributed by atoms with Crippen molar-refractivity contribution in [2.75, 3.05) is 6.61 Å². The molecular weight excluding hydrogens is 266 g/mol. The van der Waals surface area contributed by atoms with Gasteiger partial charge in [-0.1, -0.05) is 43.2 Å². The lowest BCUT2D eigenvalue weighted by molar-refractivity contribution is -0.157. The summed E-state index contributed by atoms with van der Waals surface area (Å²) in [6.45, 7) is -0.228. The first-order valence-corrected chi connectivity index (χ1v) is 7.66. The smallest absolute Gasteiger partial charge is 0.230 e. The fourth-order valence-corrected chi connectivity index (χ4v) is 3.85. The summed E-state index contributed by atoms with van der Waals surface area (Å²) in [5, 5.41) is 9.68. The molecule has 1 N–H and O–H groups in total. The van der Waals surface area contributed by atoms with Crippen LogP contribution in [0.1, 0.15) is 50.1 Å². The molecule has 4 heteroatoms. The molecule has 21 heavy (non-hydrogen) atoms. The Morgan fingerprint density at radius 1 is 1.05 bits per heavy atom. The van der Waals surface area contributed by atoms with Crippen molar-refractivity contribution in [2.45, 2.75) is 44.6 Å². The van der Waals surface area contributed by atoms with Gasteiger partial charge in [-0.25, -0.2) is 0 Å². The molecule has 0 aromatic heterocycles. The quantitative estimate of drug-likeness (QED) is 0.869. The first-order valence-electron chi connectivity index (χ1n) is 7.66. The van der Waals surface area contributed by atoms with E-state index in [1.165, 1.54) is 4.90 Å². The minimum absolute atomic E-state index is 0.0959. The number of carbonyl (C=O) groups is 2. The highest BCUT2D eigenvalue weighted by atomic mass is 16.3. The van der Waals surface area contributed by atoms with Gasteiger partial charge >= 0.3 is 0 Å². The van der Waals surface area contributed by atoms with E-state index in [9.17, 15) is 14.7 Å². The Labute approximate surface area is 124 Å². The SMILES string of the molecule is O=C1CC2(CCCC2)CC(=O)N1[C@H](CO)c1ccccc1. The molecule has 2 amide bonds. The number of imide groups is 1. The number of hydrogen-bond donors (Lipinski definition) is 1. The highest BCUT2D eigenvalue weighted by Gasteiger charge is 2.46. The largest absolute Gasteiger partial charge is 0.394 e. The van der Waals surface area contributed by atoms with Gasteiger partial charge in [0, 0.05) is 12.8 Å². The van der Waals surface area contributed by atoms with Crippen molar-refractivity contribution in [3.8, 4) is 0 Å². The van der Waals surface area contributed by atoms with Crippen LogP contribution in [0.3, 0.4) is 0 Å². The van der Waals surface area contributed by atoms with Gasteiger partial charge < -0.3 is 5.11 Å². The summed E-state index contributed by atoms with van der Waals surface area (Å²) in [4.78, 5) is 26.4. The van der Waals surface area contributed by atoms with Crippen LogP contribution in [0.4, 0.5) is 0 Å². The van der Waals surface area contributed by atoms with Gasteiger partial charge in [0.25, 0.3) is 0 Å². The summed E-state index contributed by atoms with van der Waals surface area (Å²) in [5.74, 6) is -0.257. The summed E-state index contributed by atoms with van der Waals surface area (Å²) in [6, 6.07) is 8.74. The second-order valence-corrected chi connectivity index (χ2v) is 6.33. The van der Waals surface area contributed by atoms with Gasteiger partial charge in [0.05, 0.1) is 12.6 Å². The number of hydrogen-bond acceptors (Lipinski definition) is 3. The zero-order valence-corrected chi connectivity index (χ0v) is 12.1. The molecule has 4 nitrogen and oxygen atoms in total. The highest BCUT2D eigenvalue weighted by Crippen LogP contribution is 2.48. The number of rotatable bonds is 3. The number of amides is 2. The molecule has 1 atom stereocenters. The number of nitrogens with zero attached hydrogens (tertiary/aromatic N) is 1. The number of aliphatic hydroxyl groups excluding tert-OH is 1. The van der Waals surface area contributed by atoms with Crippen LogP contribution in [0.2, 0.25) is 0 Å². The van der Waals surface area contributed by atoms with Crippen LogP contribution in [0, 0.1) is 5.41 Å². The summed E-state index contributed by atoms with van der Waals surface area (Å²) in [7, 11) is 0. The molecule has 2 fully saturated rings. The van der Waals surface area contributed by atoms with Crippen LogP contribution < -0.4 is 0 Å². The van der Waals surface area contributed by atoms with Gasteiger partial charge in [-0.3, -0.25) is 14.5 Å². The highest BCUT2D eigenvalue weighted by molar-refractivity contribution is 5.99. The fraction of sp³-hybridized carbons (Fsp3) is 0.529. The molecule has 1 aliphatic heterocycles. The molecule has 112 valence electrons. The minimum atomic E-state index is -0.551. The van der Waals surface area contributed by atoms with E-state index >= 15 is 0 Å². The van der Waals surface area contributed by atoms with E-state index in [0.717, 1.165) is 31.2 Å². The Kier molecular flexibility index (Phi) is 3.81. The average molecular weight is 287 g/mol. The van der Waals surface area contributed by atoms with Gasteiger partial charge in [-0.15, -0.1) is 0 Å². The van der Waals surface area contributed by atoms with Crippen LogP contribution >= 0.6 is 0 Å². The van der Waals surface area contributed by atoms with Crippen molar-refractivity contribution in [3.05, 3.63) is 35.9 Å². The third-order valence-corrected chi connectivity index (χ3v) is 4.92. The Morgan fingerprint density at radius 3 is 2.14 bits per heavy atom. The third kappa shape index (κ3) is 2.60. The molecule has 1 spiro atoms. The number of carbonyl (C=O) groups excluding carboxylic acids is 2. The van der Waals surface area contributed by atoms with Crippen LogP contribution in [0.25, 0.3) is 0 Å². The zero-order valence-electron chi connectivity index (χ0n) is 12.1. The predicted molar refractivity (Wildman–Crippen MR) is 78.3 cm³/mol. The summed E-state index contributed by atoms with van der Waals surface area (Å²) in [6.07, 6.45) is 5.08. The van der Waals surface area contributed by atoms with E-state index in [-0.39, 0.29) is 23.8 Å². The van der Waals surface area contributed by atoms with Crippen LogP contribution in [-0.2, 0) is 9.59 Å². The number of aliphatic hydroxyl groups is 1. The lowest BCUT2D eigenvalue weighted by atomic mass is 9.76. The minimum Gasteiger partial charge on any atom is -0.394 e. The van der Waals surface area contributed by atoms with Crippen molar-refractivity contribution in [1.82, 2.24) is 4.90 Å². The third-order valence-electron chi connectivity index (χ3n) is 4.92. The normalized spacial score (nSPS) is 22.8. The maximum Gasteiger partial charge on any atom is 0.230 e. The van der Waals surface area contributed by atoms with Crippen LogP contribution in [0.15, 0.2) is 30.3 Å². The Balaban J connectivity index is 1.85. The molecule has 1 aliphatic carbocycles. The first kappa shape index (κ1) is 14.3. The first-order chi connectivity index (χ1) is 10.2. The standard InChI is InChI=1S/C17H21NO3/c19-12-14(13-6-2-1-3-7-13)18-15(20)10-17(11-16(18)21)8-4-5-9-17/h1-3,6-7,14,19H,4-5,8-12H2/t14-/m1/s1. The maximum atomic E-state index is 12.5. The van der Waals surface area contributed by atoms with E-state index in [0.29, 0.717) is 12.8 Å². The summed E-state index contributed by atoms with van der Waals surface area (Å²) < 4.78 is 0. The van der Waals surface area contributed by atoms with Gasteiger partial charge in [-0.05, 0) is 23.8 Å². The molecular formula is C17H21NO3. The second-order valence-electron chi connectivity index (χ2n) is 6.33. The van der Waals surface area contributed by atoms with E-state index in [1.54, 1.807) is 0 Å². The Hall–Kier alpha value is -1.68. The molecule has 3 rings (SSSR count). The van der Waals surface area contributed by atoms with Crippen molar-refractivity contribution in [3.63, 3.8) is 0 Å². The Morgan fingerprint density at radius 2 is 1.62 bits per heavy atom. The van der Waals surface area contributed by atoms with Crippen molar-refractivity contribution >= 4 is 11.8 Å². The lowest BCUT2D eigenvalue weighted by Gasteiger charge is -2.40. The summed E-state index contributed by atoms with van der Waals surface area (Å²) in [5.41, 5.74) is 0.713. The van der Waals surface area contributed by atoms with E-state index < -0.39 is 6.04 Å². The molecule has 1 aromatic carbocycles. The average Bonchev–Trinajstić information content (AvgIpc) is 2.91.